The van der Waals surface area contributed by atoms with Crippen molar-refractivity contribution >= 4 is 11.7 Å². The maximum absolute atomic E-state index is 13.5. The number of carbonyl (C=O) groups excluding carboxylic acids is 1. The Morgan fingerprint density at radius 1 is 1.06 bits per heavy atom. The lowest BCUT2D eigenvalue weighted by Gasteiger charge is -2.35. The van der Waals surface area contributed by atoms with Gasteiger partial charge < -0.3 is 14.5 Å². The number of benzene rings is 1. The van der Waals surface area contributed by atoms with E-state index in [1.807, 2.05) is 13.2 Å². The summed E-state index contributed by atoms with van der Waals surface area (Å²) in [7, 11) is 1.85. The van der Waals surface area contributed by atoms with Crippen molar-refractivity contribution in [2.45, 2.75) is 38.8 Å². The Morgan fingerprint density at radius 2 is 1.79 bits per heavy atom. The summed E-state index contributed by atoms with van der Waals surface area (Å²) in [6, 6.07) is 3.24. The van der Waals surface area contributed by atoms with Crippen molar-refractivity contribution in [1.29, 1.82) is 0 Å². The zero-order valence-corrected chi connectivity index (χ0v) is 19.2. The molecule has 0 aliphatic carbocycles. The molecule has 10 heteroatoms. The molecule has 5 rings (SSSR count). The highest BCUT2D eigenvalue weighted by Crippen LogP contribution is 2.32. The molecule has 34 heavy (non-hydrogen) atoms. The SMILES string of the molecule is CC(=O)N1CCc2nc(N3CCC(Oc4cc(F)cc(F)c4)CC3)c(-c3cnn(C)c3)nc2C1. The fourth-order valence-electron chi connectivity index (χ4n) is 4.52. The van der Waals surface area contributed by atoms with Crippen molar-refractivity contribution in [2.24, 2.45) is 7.05 Å². The minimum Gasteiger partial charge on any atom is -0.490 e. The van der Waals surface area contributed by atoms with Crippen LogP contribution in [0, 0.1) is 11.6 Å². The van der Waals surface area contributed by atoms with E-state index in [1.165, 1.54) is 12.1 Å². The second kappa shape index (κ2) is 9.00. The fraction of sp³-hybridized carbons (Fsp3) is 0.417. The van der Waals surface area contributed by atoms with E-state index in [-0.39, 0.29) is 17.8 Å². The summed E-state index contributed by atoms with van der Waals surface area (Å²) in [6.45, 7) is 3.99. The molecule has 1 amide bonds. The van der Waals surface area contributed by atoms with Crippen LogP contribution in [0.25, 0.3) is 11.3 Å². The predicted octanol–water partition coefficient (Wildman–Crippen LogP) is 3.11. The molecule has 1 fully saturated rings. The van der Waals surface area contributed by atoms with Crippen molar-refractivity contribution < 1.29 is 18.3 Å². The number of halogens is 2. The zero-order valence-electron chi connectivity index (χ0n) is 19.2. The Morgan fingerprint density at radius 3 is 2.44 bits per heavy atom. The number of ether oxygens (including phenoxy) is 1. The number of hydrogen-bond acceptors (Lipinski definition) is 6. The zero-order chi connectivity index (χ0) is 23.8. The Bertz CT molecular complexity index is 1200. The van der Waals surface area contributed by atoms with Gasteiger partial charge in [0.2, 0.25) is 5.91 Å². The van der Waals surface area contributed by atoms with E-state index < -0.39 is 11.6 Å². The van der Waals surface area contributed by atoms with Crippen LogP contribution in [-0.4, -0.2) is 56.3 Å². The Labute approximate surface area is 196 Å². The minimum absolute atomic E-state index is 0.0275. The average molecular weight is 469 g/mol. The quantitative estimate of drug-likeness (QED) is 0.586. The van der Waals surface area contributed by atoms with Crippen molar-refractivity contribution in [3.8, 4) is 17.0 Å². The molecule has 0 N–H and O–H groups in total. The van der Waals surface area contributed by atoms with Crippen LogP contribution in [0.15, 0.2) is 30.6 Å². The number of rotatable bonds is 4. The summed E-state index contributed by atoms with van der Waals surface area (Å²) in [4.78, 5) is 25.8. The van der Waals surface area contributed by atoms with E-state index in [1.54, 1.807) is 22.7 Å². The number of piperidine rings is 1. The van der Waals surface area contributed by atoms with Crippen molar-refractivity contribution in [2.75, 3.05) is 24.5 Å². The van der Waals surface area contributed by atoms with Gasteiger partial charge in [0.25, 0.3) is 0 Å². The molecule has 0 spiro atoms. The monoisotopic (exact) mass is 468 g/mol. The summed E-state index contributed by atoms with van der Waals surface area (Å²) in [6.07, 6.45) is 5.55. The van der Waals surface area contributed by atoms with Gasteiger partial charge in [-0.05, 0) is 0 Å². The number of fused-ring (bicyclic) bond motifs is 1. The molecule has 3 aromatic rings. The molecule has 2 aliphatic rings. The van der Waals surface area contributed by atoms with Crippen LogP contribution in [0.3, 0.4) is 0 Å². The van der Waals surface area contributed by atoms with Gasteiger partial charge in [0, 0.05) is 82.8 Å². The van der Waals surface area contributed by atoms with Gasteiger partial charge >= 0.3 is 0 Å². The number of anilines is 1. The van der Waals surface area contributed by atoms with E-state index in [2.05, 4.69) is 10.00 Å². The molecule has 2 aromatic heterocycles. The van der Waals surface area contributed by atoms with Gasteiger partial charge in [-0.2, -0.15) is 5.10 Å². The second-order valence-electron chi connectivity index (χ2n) is 8.79. The van der Waals surface area contributed by atoms with E-state index >= 15 is 0 Å². The third-order valence-electron chi connectivity index (χ3n) is 6.30. The molecule has 0 atom stereocenters. The molecule has 0 bridgehead atoms. The molecular formula is C24H26F2N6O2. The molecule has 0 radical (unpaired) electrons. The second-order valence-corrected chi connectivity index (χ2v) is 8.79. The molecular weight excluding hydrogens is 442 g/mol. The molecule has 1 saturated heterocycles. The van der Waals surface area contributed by atoms with Crippen molar-refractivity contribution in [3.05, 3.63) is 53.6 Å². The van der Waals surface area contributed by atoms with Crippen LogP contribution < -0.4 is 9.64 Å². The van der Waals surface area contributed by atoms with Gasteiger partial charge in [0.15, 0.2) is 5.82 Å². The van der Waals surface area contributed by atoms with Gasteiger partial charge in [-0.1, -0.05) is 0 Å². The largest absolute Gasteiger partial charge is 0.490 e. The van der Waals surface area contributed by atoms with Crippen molar-refractivity contribution in [3.63, 3.8) is 0 Å². The molecule has 2 aliphatic heterocycles. The third kappa shape index (κ3) is 4.57. The standard InChI is InChI=1S/C24H26F2N6O2/c1-15(33)32-8-5-21-22(14-32)28-23(16-12-27-30(2)13-16)24(29-21)31-6-3-19(4-7-31)34-20-10-17(25)9-18(26)11-20/h9-13,19H,3-8,14H2,1-2H3. The highest BCUT2D eigenvalue weighted by atomic mass is 19.1. The minimum atomic E-state index is -0.652. The van der Waals surface area contributed by atoms with E-state index in [9.17, 15) is 13.6 Å². The third-order valence-corrected chi connectivity index (χ3v) is 6.30. The Balaban J connectivity index is 1.38. The lowest BCUT2D eigenvalue weighted by Crippen LogP contribution is -2.40. The number of aromatic nitrogens is 4. The van der Waals surface area contributed by atoms with Crippen LogP contribution in [0.1, 0.15) is 31.2 Å². The van der Waals surface area contributed by atoms with Gasteiger partial charge in [0.1, 0.15) is 29.2 Å². The normalized spacial score (nSPS) is 16.5. The number of amides is 1. The smallest absolute Gasteiger partial charge is 0.219 e. The first kappa shape index (κ1) is 22.2. The highest BCUT2D eigenvalue weighted by molar-refractivity contribution is 5.74. The Kier molecular flexibility index (Phi) is 5.89. The van der Waals surface area contributed by atoms with E-state index in [4.69, 9.17) is 14.7 Å². The molecule has 1 aromatic carbocycles. The fourth-order valence-corrected chi connectivity index (χ4v) is 4.52. The summed E-state index contributed by atoms with van der Waals surface area (Å²) < 4.78 is 34.6. The van der Waals surface area contributed by atoms with Crippen LogP contribution in [0.4, 0.5) is 14.6 Å². The summed E-state index contributed by atoms with van der Waals surface area (Å²) in [5.74, 6) is -0.281. The van der Waals surface area contributed by atoms with Crippen LogP contribution in [0.2, 0.25) is 0 Å². The number of carbonyl (C=O) groups is 1. The summed E-state index contributed by atoms with van der Waals surface area (Å²) in [5.41, 5.74) is 3.33. The Hall–Kier alpha value is -3.56. The number of aryl methyl sites for hydroxylation is 1. The molecule has 4 heterocycles. The first-order chi connectivity index (χ1) is 16.4. The van der Waals surface area contributed by atoms with Gasteiger partial charge in [0.05, 0.1) is 24.1 Å². The lowest BCUT2D eigenvalue weighted by molar-refractivity contribution is -0.129. The van der Waals surface area contributed by atoms with Crippen LogP contribution >= 0.6 is 0 Å². The van der Waals surface area contributed by atoms with Crippen molar-refractivity contribution in [1.82, 2.24) is 24.6 Å². The first-order valence-corrected chi connectivity index (χ1v) is 11.4. The van der Waals surface area contributed by atoms with Gasteiger partial charge in [-0.25, -0.2) is 18.7 Å². The van der Waals surface area contributed by atoms with Gasteiger partial charge in [-0.3, -0.25) is 9.48 Å². The predicted molar refractivity (Wildman–Crippen MR) is 121 cm³/mol. The summed E-state index contributed by atoms with van der Waals surface area (Å²) >= 11 is 0. The lowest BCUT2D eigenvalue weighted by atomic mass is 10.1. The maximum atomic E-state index is 13.5. The highest BCUT2D eigenvalue weighted by Gasteiger charge is 2.28. The van der Waals surface area contributed by atoms with E-state index in [0.717, 1.165) is 34.5 Å². The molecule has 0 unspecified atom stereocenters. The molecule has 0 saturated carbocycles. The van der Waals surface area contributed by atoms with Crippen LogP contribution in [-0.2, 0) is 24.8 Å². The first-order valence-electron chi connectivity index (χ1n) is 11.4. The van der Waals surface area contributed by atoms with E-state index in [0.29, 0.717) is 45.4 Å². The molecule has 8 nitrogen and oxygen atoms in total. The van der Waals surface area contributed by atoms with Crippen LogP contribution in [0.5, 0.6) is 5.75 Å². The van der Waals surface area contributed by atoms with Gasteiger partial charge in [-0.15, -0.1) is 0 Å². The maximum Gasteiger partial charge on any atom is 0.219 e. The number of nitrogens with zero attached hydrogens (tertiary/aromatic N) is 6. The number of hydrogen-bond donors (Lipinski definition) is 0. The molecule has 178 valence electrons. The average Bonchev–Trinajstić information content (AvgIpc) is 3.24. The summed E-state index contributed by atoms with van der Waals surface area (Å²) in [5, 5.41) is 4.29. The topological polar surface area (TPSA) is 76.4 Å².